The zero-order chi connectivity index (χ0) is 31.4. The third-order valence-electron chi connectivity index (χ3n) is 8.85. The van der Waals surface area contributed by atoms with Crippen LogP contribution in [0.3, 0.4) is 0 Å². The number of aromatic nitrogens is 4. The van der Waals surface area contributed by atoms with E-state index in [9.17, 15) is 5.26 Å². The van der Waals surface area contributed by atoms with Crippen LogP contribution in [0, 0.1) is 17.2 Å². The van der Waals surface area contributed by atoms with Crippen LogP contribution in [0.15, 0.2) is 30.6 Å². The van der Waals surface area contributed by atoms with Crippen LogP contribution in [0.1, 0.15) is 71.2 Å². The third-order valence-corrected chi connectivity index (χ3v) is 13.3. The van der Waals surface area contributed by atoms with E-state index in [1.807, 2.05) is 23.0 Å². The van der Waals surface area contributed by atoms with Crippen LogP contribution in [0.2, 0.25) is 18.1 Å². The van der Waals surface area contributed by atoms with Crippen LogP contribution in [-0.4, -0.2) is 54.9 Å². The van der Waals surface area contributed by atoms with Crippen LogP contribution in [0.4, 0.5) is 17.3 Å². The number of methoxy groups -OCH3 is 1. The molecule has 1 aliphatic heterocycles. The Morgan fingerprint density at radius 1 is 1.26 bits per heavy atom. The molecule has 4 rings (SSSR count). The molecule has 0 radical (unpaired) electrons. The van der Waals surface area contributed by atoms with Gasteiger partial charge in [-0.15, -0.1) is 0 Å². The fraction of sp³-hybridized carbons (Fsp3) is 0.576. The molecule has 0 saturated carbocycles. The van der Waals surface area contributed by atoms with Crippen molar-refractivity contribution in [1.82, 2.24) is 19.7 Å². The van der Waals surface area contributed by atoms with Crippen molar-refractivity contribution in [2.75, 3.05) is 37.5 Å². The zero-order valence-electron chi connectivity index (χ0n) is 27.5. The minimum atomic E-state index is -1.94. The molecule has 0 saturated heterocycles. The number of nitrogens with one attached hydrogen (secondary N) is 2. The van der Waals surface area contributed by atoms with E-state index in [0.29, 0.717) is 30.6 Å². The van der Waals surface area contributed by atoms with Gasteiger partial charge in [0, 0.05) is 56.8 Å². The maximum Gasteiger partial charge on any atom is 0.227 e. The molecule has 1 atom stereocenters. The van der Waals surface area contributed by atoms with Crippen molar-refractivity contribution in [2.45, 2.75) is 90.9 Å². The van der Waals surface area contributed by atoms with E-state index in [1.165, 1.54) is 0 Å². The summed E-state index contributed by atoms with van der Waals surface area (Å²) < 4.78 is 13.9. The van der Waals surface area contributed by atoms with Gasteiger partial charge >= 0.3 is 0 Å². The summed E-state index contributed by atoms with van der Waals surface area (Å²) in [6.07, 6.45) is 6.60. The summed E-state index contributed by atoms with van der Waals surface area (Å²) in [5, 5.41) is 22.0. The number of rotatable bonds is 13. The highest BCUT2D eigenvalue weighted by molar-refractivity contribution is 6.74. The second-order valence-electron chi connectivity index (χ2n) is 13.9. The van der Waals surface area contributed by atoms with Crippen LogP contribution in [0.5, 0.6) is 0 Å². The van der Waals surface area contributed by atoms with Crippen molar-refractivity contribution in [3.63, 3.8) is 0 Å². The Labute approximate surface area is 258 Å². The number of nitriles is 1. The summed E-state index contributed by atoms with van der Waals surface area (Å²) in [6, 6.07) is 8.39. The van der Waals surface area contributed by atoms with E-state index < -0.39 is 8.32 Å². The van der Waals surface area contributed by atoms with Gasteiger partial charge in [-0.1, -0.05) is 41.5 Å². The molecule has 0 aliphatic carbocycles. The number of anilines is 3. The molecule has 10 heteroatoms. The predicted molar refractivity (Wildman–Crippen MR) is 176 cm³/mol. The third kappa shape index (κ3) is 7.64. The quantitative estimate of drug-likeness (QED) is 0.155. The molecule has 9 nitrogen and oxygen atoms in total. The number of aryl methyl sites for hydroxylation is 2. The van der Waals surface area contributed by atoms with E-state index in [2.05, 4.69) is 82.4 Å². The van der Waals surface area contributed by atoms with Crippen molar-refractivity contribution in [1.29, 1.82) is 5.26 Å². The molecule has 0 amide bonds. The number of nitrogens with zero attached hydrogens (tertiary/aromatic N) is 5. The van der Waals surface area contributed by atoms with E-state index in [4.69, 9.17) is 19.2 Å². The van der Waals surface area contributed by atoms with E-state index in [0.717, 1.165) is 66.2 Å². The summed E-state index contributed by atoms with van der Waals surface area (Å²) in [5.41, 5.74) is 5.92. The molecule has 3 aromatic rings. The normalized spacial score (nSPS) is 16.7. The van der Waals surface area contributed by atoms with Gasteiger partial charge in [0.25, 0.3) is 0 Å². The SMILES string of the molecule is COCCCn1cc(Nc2nccc(-c3cc(C#N)c4c(c3)[C@@](C)(CO[Si](C)(C)C(C)(C)C)CN4)n2)c(CCC(C)C)n1. The van der Waals surface area contributed by atoms with Crippen LogP contribution < -0.4 is 10.6 Å². The molecular formula is C33H49N7O2Si. The first-order valence-corrected chi connectivity index (χ1v) is 18.3. The lowest BCUT2D eigenvalue weighted by atomic mass is 9.83. The molecule has 2 N–H and O–H groups in total. The molecule has 1 aliphatic rings. The monoisotopic (exact) mass is 603 g/mol. The smallest absolute Gasteiger partial charge is 0.227 e. The topological polar surface area (TPSA) is 110 Å². The first-order valence-electron chi connectivity index (χ1n) is 15.4. The fourth-order valence-electron chi connectivity index (χ4n) is 4.97. The summed E-state index contributed by atoms with van der Waals surface area (Å²) in [4.78, 5) is 9.42. The van der Waals surface area contributed by atoms with Crippen molar-refractivity contribution in [3.05, 3.63) is 47.4 Å². The Balaban J connectivity index is 1.63. The first kappa shape index (κ1) is 32.6. The fourth-order valence-corrected chi connectivity index (χ4v) is 6.08. The highest BCUT2D eigenvalue weighted by atomic mass is 28.4. The van der Waals surface area contributed by atoms with Crippen molar-refractivity contribution < 1.29 is 9.16 Å². The molecule has 3 heterocycles. The zero-order valence-corrected chi connectivity index (χ0v) is 28.5. The average Bonchev–Trinajstić information content (AvgIpc) is 3.50. The second-order valence-corrected chi connectivity index (χ2v) is 18.8. The van der Waals surface area contributed by atoms with Gasteiger partial charge in [-0.3, -0.25) is 4.68 Å². The van der Waals surface area contributed by atoms with Crippen molar-refractivity contribution >= 4 is 25.6 Å². The summed E-state index contributed by atoms with van der Waals surface area (Å²) in [6.45, 7) is 20.8. The lowest BCUT2D eigenvalue weighted by molar-refractivity contribution is 0.189. The van der Waals surface area contributed by atoms with Crippen LogP contribution in [-0.2, 0) is 27.5 Å². The van der Waals surface area contributed by atoms with Crippen molar-refractivity contribution in [3.8, 4) is 17.3 Å². The van der Waals surface area contributed by atoms with Crippen LogP contribution in [0.25, 0.3) is 11.3 Å². The number of benzene rings is 1. The van der Waals surface area contributed by atoms with Gasteiger partial charge in [-0.25, -0.2) is 9.97 Å². The molecule has 1 aromatic carbocycles. The Kier molecular flexibility index (Phi) is 9.99. The summed E-state index contributed by atoms with van der Waals surface area (Å²) in [5.74, 6) is 1.08. The lowest BCUT2D eigenvalue weighted by Gasteiger charge is -2.39. The molecule has 0 bridgehead atoms. The van der Waals surface area contributed by atoms with Gasteiger partial charge in [-0.2, -0.15) is 10.4 Å². The number of fused-ring (bicyclic) bond motifs is 1. The molecule has 2 aromatic heterocycles. The van der Waals surface area contributed by atoms with E-state index >= 15 is 0 Å². The van der Waals surface area contributed by atoms with Crippen molar-refractivity contribution in [2.24, 2.45) is 5.92 Å². The summed E-state index contributed by atoms with van der Waals surface area (Å²) >= 11 is 0. The average molecular weight is 604 g/mol. The maximum atomic E-state index is 10.1. The number of ether oxygens (including phenoxy) is 1. The Hall–Kier alpha value is -3.26. The Bertz CT molecular complexity index is 1450. The van der Waals surface area contributed by atoms with Gasteiger partial charge in [0.1, 0.15) is 6.07 Å². The largest absolute Gasteiger partial charge is 0.416 e. The maximum absolute atomic E-state index is 10.1. The minimum absolute atomic E-state index is 0.122. The highest BCUT2D eigenvalue weighted by Crippen LogP contribution is 2.44. The number of hydrogen-bond donors (Lipinski definition) is 2. The Morgan fingerprint density at radius 2 is 2.02 bits per heavy atom. The van der Waals surface area contributed by atoms with Gasteiger partial charge in [0.15, 0.2) is 8.32 Å². The molecule has 0 unspecified atom stereocenters. The predicted octanol–water partition coefficient (Wildman–Crippen LogP) is 7.29. The first-order chi connectivity index (χ1) is 20.3. The van der Waals surface area contributed by atoms with Gasteiger partial charge in [-0.05, 0) is 67.1 Å². The molecule has 43 heavy (non-hydrogen) atoms. The number of hydrogen-bond acceptors (Lipinski definition) is 8. The van der Waals surface area contributed by atoms with Crippen LogP contribution >= 0.6 is 0 Å². The molecule has 0 fully saturated rings. The van der Waals surface area contributed by atoms with Gasteiger partial charge in [0.2, 0.25) is 5.95 Å². The van der Waals surface area contributed by atoms with Gasteiger partial charge in [0.05, 0.1) is 28.3 Å². The van der Waals surface area contributed by atoms with E-state index in [1.54, 1.807) is 13.3 Å². The van der Waals surface area contributed by atoms with E-state index in [-0.39, 0.29) is 10.5 Å². The molecule has 0 spiro atoms. The van der Waals surface area contributed by atoms with Gasteiger partial charge < -0.3 is 19.8 Å². The Morgan fingerprint density at radius 3 is 2.70 bits per heavy atom. The highest BCUT2D eigenvalue weighted by Gasteiger charge is 2.42. The second kappa shape index (κ2) is 13.2. The lowest BCUT2D eigenvalue weighted by Crippen LogP contribution is -2.45. The molecule has 232 valence electrons. The standard InChI is InChI=1S/C33H49N7O2Si/c1-23(2)11-12-28-29(20-40(39-28)15-10-16-41-7)38-31-35-14-13-27(37-31)24-17-25(19-34)30-26(18-24)33(6,21-36-30)22-42-43(8,9)32(3,4)5/h13-14,17-18,20,23,36H,10-12,15-16,21-22H2,1-9H3,(H,35,37,38)/t33-/m1/s1. The summed E-state index contributed by atoms with van der Waals surface area (Å²) in [7, 11) is -0.227. The minimum Gasteiger partial charge on any atom is -0.416 e. The molecular weight excluding hydrogens is 554 g/mol.